The van der Waals surface area contributed by atoms with Gasteiger partial charge in [-0.25, -0.2) is 9.78 Å². The van der Waals surface area contributed by atoms with E-state index in [1.165, 1.54) is 36.8 Å². The van der Waals surface area contributed by atoms with E-state index in [1.807, 2.05) is 6.92 Å². The molecule has 0 saturated heterocycles. The molecular weight excluding hydrogens is 476 g/mol. The second-order valence-corrected chi connectivity index (χ2v) is 7.68. The summed E-state index contributed by atoms with van der Waals surface area (Å²) in [6.07, 6.45) is 2.04. The summed E-state index contributed by atoms with van der Waals surface area (Å²) in [5, 5.41) is 8.42. The van der Waals surface area contributed by atoms with Gasteiger partial charge in [0.05, 0.1) is 26.2 Å². The largest absolute Gasteiger partial charge is 0.493 e. The van der Waals surface area contributed by atoms with Crippen LogP contribution in [-0.4, -0.2) is 52.5 Å². The number of carbonyl (C=O) groups is 2. The van der Waals surface area contributed by atoms with Crippen molar-refractivity contribution >= 4 is 23.4 Å². The minimum atomic E-state index is -3.00. The van der Waals surface area contributed by atoms with E-state index in [9.17, 15) is 18.4 Å². The number of imidazole rings is 1. The zero-order valence-corrected chi connectivity index (χ0v) is 19.4. The first-order valence-electron chi connectivity index (χ1n) is 11.0. The highest BCUT2D eigenvalue weighted by Gasteiger charge is 2.31. The number of hydrogen-bond donors (Lipinski definition) is 2. The number of anilines is 1. The predicted octanol–water partition coefficient (Wildman–Crippen LogP) is 4.41. The minimum absolute atomic E-state index is 0.0987. The number of aromatic amines is 1. The number of cyclic esters (lactones) is 1. The summed E-state index contributed by atoms with van der Waals surface area (Å²) in [6, 6.07) is 11.3. The summed E-state index contributed by atoms with van der Waals surface area (Å²) >= 11 is 0. The average Bonchev–Trinajstić information content (AvgIpc) is 3.41. The molecule has 2 heterocycles. The molecule has 2 amide bonds. The van der Waals surface area contributed by atoms with Gasteiger partial charge in [0.2, 0.25) is 0 Å². The predicted molar refractivity (Wildman–Crippen MR) is 125 cm³/mol. The molecule has 4 rings (SSSR count). The van der Waals surface area contributed by atoms with Gasteiger partial charge >= 0.3 is 12.7 Å². The van der Waals surface area contributed by atoms with Gasteiger partial charge in [-0.15, -0.1) is 0 Å². The number of halogens is 2. The number of amides is 2. The summed E-state index contributed by atoms with van der Waals surface area (Å²) < 4.78 is 40.6. The lowest BCUT2D eigenvalue weighted by molar-refractivity contribution is -0.0512. The second-order valence-electron chi connectivity index (χ2n) is 7.68. The molecule has 1 atom stereocenters. The molecule has 0 bridgehead atoms. The molecule has 0 saturated carbocycles. The van der Waals surface area contributed by atoms with E-state index in [-0.39, 0.29) is 24.0 Å². The van der Waals surface area contributed by atoms with Crippen molar-refractivity contribution in [1.82, 2.24) is 15.0 Å². The summed E-state index contributed by atoms with van der Waals surface area (Å²) in [5.41, 5.74) is 2.61. The smallest absolute Gasteiger partial charge is 0.431 e. The van der Waals surface area contributed by atoms with Gasteiger partial charge in [0.1, 0.15) is 17.5 Å². The Labute approximate surface area is 204 Å². The van der Waals surface area contributed by atoms with E-state index in [0.29, 0.717) is 29.1 Å². The van der Waals surface area contributed by atoms with Crippen molar-refractivity contribution in [2.75, 3.05) is 12.4 Å². The molecule has 1 aliphatic heterocycles. The van der Waals surface area contributed by atoms with Gasteiger partial charge in [0, 0.05) is 11.3 Å². The molecule has 12 heteroatoms. The van der Waals surface area contributed by atoms with Crippen molar-refractivity contribution in [2.45, 2.75) is 32.6 Å². The average molecular weight is 499 g/mol. The first kappa shape index (κ1) is 24.6. The Morgan fingerprint density at radius 3 is 2.64 bits per heavy atom. The highest BCUT2D eigenvalue weighted by molar-refractivity contribution is 6.06. The van der Waals surface area contributed by atoms with Gasteiger partial charge in [-0.2, -0.15) is 18.9 Å². The molecule has 188 valence electrons. The standard InChI is InChI=1S/C24H23F2N5O5/c1-3-18-21(15-6-9-19(35-23(25)26)20(10-15)34-2)30-31(24(33)36-18)12-14-4-7-16(8-5-14)29-22(32)17-11-27-13-28-17/h4-11,13,18,23H,3,12H2,1-2H3,(H,27,28)(H,29,32). The van der Waals surface area contributed by atoms with Gasteiger partial charge < -0.3 is 24.5 Å². The van der Waals surface area contributed by atoms with Crippen LogP contribution in [0.5, 0.6) is 11.5 Å². The van der Waals surface area contributed by atoms with Crippen LogP contribution in [0.3, 0.4) is 0 Å². The molecule has 10 nitrogen and oxygen atoms in total. The topological polar surface area (TPSA) is 118 Å². The Hall–Kier alpha value is -4.48. The van der Waals surface area contributed by atoms with Gasteiger partial charge in [-0.3, -0.25) is 4.79 Å². The lowest BCUT2D eigenvalue weighted by Gasteiger charge is -2.29. The Morgan fingerprint density at radius 2 is 2.00 bits per heavy atom. The fourth-order valence-electron chi connectivity index (χ4n) is 3.56. The maximum absolute atomic E-state index is 12.7. The van der Waals surface area contributed by atoms with E-state index in [2.05, 4.69) is 25.1 Å². The highest BCUT2D eigenvalue weighted by Crippen LogP contribution is 2.31. The van der Waals surface area contributed by atoms with Crippen molar-refractivity contribution in [2.24, 2.45) is 5.10 Å². The highest BCUT2D eigenvalue weighted by atomic mass is 19.3. The number of rotatable bonds is 9. The Kier molecular flexibility index (Phi) is 7.42. The zero-order valence-electron chi connectivity index (χ0n) is 19.4. The molecule has 0 aliphatic carbocycles. The first-order chi connectivity index (χ1) is 17.4. The molecule has 2 aromatic carbocycles. The molecule has 0 radical (unpaired) electrons. The normalized spacial score (nSPS) is 15.4. The van der Waals surface area contributed by atoms with Crippen LogP contribution in [0.25, 0.3) is 0 Å². The van der Waals surface area contributed by atoms with Crippen molar-refractivity contribution in [1.29, 1.82) is 0 Å². The van der Waals surface area contributed by atoms with E-state index < -0.39 is 18.8 Å². The summed E-state index contributed by atoms with van der Waals surface area (Å²) in [5.74, 6) is -0.351. The Bertz CT molecular complexity index is 1250. The van der Waals surface area contributed by atoms with Crippen molar-refractivity contribution < 1.29 is 32.6 Å². The lowest BCUT2D eigenvalue weighted by atomic mass is 10.0. The van der Waals surface area contributed by atoms with Crippen molar-refractivity contribution in [3.63, 3.8) is 0 Å². The van der Waals surface area contributed by atoms with Gasteiger partial charge in [0.25, 0.3) is 5.91 Å². The third kappa shape index (κ3) is 5.59. The molecule has 36 heavy (non-hydrogen) atoms. The number of nitrogens with one attached hydrogen (secondary N) is 2. The molecule has 3 aromatic rings. The summed E-state index contributed by atoms with van der Waals surface area (Å²) in [7, 11) is 1.34. The van der Waals surface area contributed by atoms with Crippen LogP contribution in [0.1, 0.15) is 35.0 Å². The van der Waals surface area contributed by atoms with E-state index in [0.717, 1.165) is 5.56 Å². The fourth-order valence-corrected chi connectivity index (χ4v) is 3.56. The number of nitrogens with zero attached hydrogens (tertiary/aromatic N) is 3. The van der Waals surface area contributed by atoms with Crippen LogP contribution in [-0.2, 0) is 11.3 Å². The summed E-state index contributed by atoms with van der Waals surface area (Å²) in [6.45, 7) is -1.05. The molecular formula is C24H23F2N5O5. The molecule has 0 spiro atoms. The quantitative estimate of drug-likeness (QED) is 0.450. The van der Waals surface area contributed by atoms with Crippen molar-refractivity contribution in [3.05, 3.63) is 71.8 Å². The van der Waals surface area contributed by atoms with Gasteiger partial charge in [-0.05, 0) is 42.3 Å². The number of hydrogen-bond acceptors (Lipinski definition) is 7. The first-order valence-corrected chi connectivity index (χ1v) is 11.0. The number of ether oxygens (including phenoxy) is 3. The molecule has 1 aliphatic rings. The molecule has 2 N–H and O–H groups in total. The van der Waals surface area contributed by atoms with Gasteiger partial charge in [-0.1, -0.05) is 19.1 Å². The van der Waals surface area contributed by atoms with E-state index in [4.69, 9.17) is 9.47 Å². The Morgan fingerprint density at radius 1 is 1.22 bits per heavy atom. The van der Waals surface area contributed by atoms with Crippen LogP contribution >= 0.6 is 0 Å². The number of aromatic nitrogens is 2. The van der Waals surface area contributed by atoms with Crippen LogP contribution < -0.4 is 14.8 Å². The molecule has 1 aromatic heterocycles. The number of benzene rings is 2. The van der Waals surface area contributed by atoms with Gasteiger partial charge in [0.15, 0.2) is 11.5 Å². The van der Waals surface area contributed by atoms with Crippen LogP contribution in [0.15, 0.2) is 60.1 Å². The zero-order chi connectivity index (χ0) is 25.7. The maximum atomic E-state index is 12.7. The summed E-state index contributed by atoms with van der Waals surface area (Å²) in [4.78, 5) is 31.3. The lowest BCUT2D eigenvalue weighted by Crippen LogP contribution is -2.41. The fraction of sp³-hybridized carbons (Fsp3) is 0.250. The maximum Gasteiger partial charge on any atom is 0.431 e. The Balaban J connectivity index is 1.53. The molecule has 0 fully saturated rings. The second kappa shape index (κ2) is 10.8. The SMILES string of the molecule is CCC1OC(=O)N(Cc2ccc(NC(=O)c3cnc[nH]3)cc2)N=C1c1ccc(OC(F)F)c(OC)c1. The van der Waals surface area contributed by atoms with E-state index >= 15 is 0 Å². The number of methoxy groups -OCH3 is 1. The minimum Gasteiger partial charge on any atom is -0.493 e. The third-order valence-electron chi connectivity index (χ3n) is 5.32. The van der Waals surface area contributed by atoms with Crippen molar-refractivity contribution in [3.8, 4) is 11.5 Å². The van der Waals surface area contributed by atoms with Crippen LogP contribution in [0, 0.1) is 0 Å². The van der Waals surface area contributed by atoms with Crippen LogP contribution in [0.4, 0.5) is 19.3 Å². The van der Waals surface area contributed by atoms with E-state index in [1.54, 1.807) is 30.3 Å². The number of H-pyrrole nitrogens is 1. The number of carbonyl (C=O) groups excluding carboxylic acids is 2. The molecule has 1 unspecified atom stereocenters. The number of alkyl halides is 2. The van der Waals surface area contributed by atoms with Crippen LogP contribution in [0.2, 0.25) is 0 Å². The third-order valence-corrected chi connectivity index (χ3v) is 5.32. The monoisotopic (exact) mass is 499 g/mol. The number of hydrazone groups is 1.